The number of aromatic carboxylic acids is 1. The van der Waals surface area contributed by atoms with Crippen molar-refractivity contribution >= 4 is 27.4 Å². The fraction of sp³-hybridized carbons (Fsp3) is 0.0714. The molecule has 0 radical (unpaired) electrons. The predicted molar refractivity (Wildman–Crippen MR) is 81.9 cm³/mol. The summed E-state index contributed by atoms with van der Waals surface area (Å²) in [6.45, 7) is 0. The molecule has 0 saturated heterocycles. The molecular weight excluding hydrogens is 322 g/mol. The van der Waals surface area contributed by atoms with Crippen molar-refractivity contribution < 1.29 is 23.4 Å². The molecule has 2 aromatic rings. The van der Waals surface area contributed by atoms with Gasteiger partial charge in [0.2, 0.25) is 10.0 Å². The van der Waals surface area contributed by atoms with Gasteiger partial charge in [-0.15, -0.1) is 0 Å². The summed E-state index contributed by atoms with van der Waals surface area (Å²) in [4.78, 5) is 11.0. The van der Waals surface area contributed by atoms with Gasteiger partial charge < -0.3 is 10.2 Å². The van der Waals surface area contributed by atoms with Crippen LogP contribution in [0.5, 0.6) is 5.75 Å². The molecule has 8 nitrogen and oxygen atoms in total. The van der Waals surface area contributed by atoms with Gasteiger partial charge in [0.15, 0.2) is 0 Å². The molecule has 0 bridgehead atoms. The van der Waals surface area contributed by atoms with Crippen LogP contribution >= 0.6 is 0 Å². The van der Waals surface area contributed by atoms with Crippen molar-refractivity contribution in [2.75, 3.05) is 7.05 Å². The van der Waals surface area contributed by atoms with Gasteiger partial charge in [0.25, 0.3) is 0 Å². The average molecular weight is 335 g/mol. The number of azo groups is 1. The molecule has 2 rings (SSSR count). The number of carbonyl (C=O) groups is 1. The van der Waals surface area contributed by atoms with Crippen LogP contribution in [0.2, 0.25) is 0 Å². The second-order valence-corrected chi connectivity index (χ2v) is 6.29. The third-order valence-corrected chi connectivity index (χ3v) is 4.34. The standard InChI is InChI=1S/C14H13N3O5S/c1-15-23(21,22)11-5-2-9(3-6-11)16-17-10-4-7-13(18)12(8-10)14(19)20/h2-8,15,18H,1H3,(H,19,20). The van der Waals surface area contributed by atoms with E-state index in [1.807, 2.05) is 0 Å². The largest absolute Gasteiger partial charge is 0.507 e. The van der Waals surface area contributed by atoms with Crippen LogP contribution < -0.4 is 4.72 Å². The monoisotopic (exact) mass is 335 g/mol. The Morgan fingerprint density at radius 2 is 1.61 bits per heavy atom. The van der Waals surface area contributed by atoms with Gasteiger partial charge in [-0.3, -0.25) is 0 Å². The number of sulfonamides is 1. The molecule has 0 heterocycles. The van der Waals surface area contributed by atoms with E-state index in [1.165, 1.54) is 49.5 Å². The number of rotatable bonds is 5. The molecule has 120 valence electrons. The van der Waals surface area contributed by atoms with Crippen LogP contribution in [0.25, 0.3) is 0 Å². The molecule has 3 N–H and O–H groups in total. The van der Waals surface area contributed by atoms with Gasteiger partial charge in [0.1, 0.15) is 11.3 Å². The zero-order valence-corrected chi connectivity index (χ0v) is 12.8. The SMILES string of the molecule is CNS(=O)(=O)c1ccc(N=Nc2ccc(O)c(C(=O)O)c2)cc1. The molecule has 2 aromatic carbocycles. The molecule has 23 heavy (non-hydrogen) atoms. The van der Waals surface area contributed by atoms with Crippen molar-refractivity contribution in [3.8, 4) is 5.75 Å². The van der Waals surface area contributed by atoms with Gasteiger partial charge >= 0.3 is 5.97 Å². The van der Waals surface area contributed by atoms with E-state index in [9.17, 15) is 18.3 Å². The van der Waals surface area contributed by atoms with Crippen LogP contribution in [0.15, 0.2) is 57.6 Å². The van der Waals surface area contributed by atoms with E-state index in [4.69, 9.17) is 5.11 Å². The Balaban J connectivity index is 2.24. The Hall–Kier alpha value is -2.78. The summed E-state index contributed by atoms with van der Waals surface area (Å²) in [7, 11) is -2.20. The molecule has 0 atom stereocenters. The maximum atomic E-state index is 11.6. The summed E-state index contributed by atoms with van der Waals surface area (Å²) in [6, 6.07) is 9.48. The Kier molecular flexibility index (Phi) is 4.72. The molecule has 0 saturated carbocycles. The lowest BCUT2D eigenvalue weighted by molar-refractivity contribution is 0.0693. The molecule has 0 spiro atoms. The zero-order valence-electron chi connectivity index (χ0n) is 12.0. The number of carboxylic acids is 1. The molecule has 9 heteroatoms. The van der Waals surface area contributed by atoms with E-state index in [0.29, 0.717) is 5.69 Å². The lowest BCUT2D eigenvalue weighted by Crippen LogP contribution is -2.18. The Bertz CT molecular complexity index is 860. The Labute approximate surface area is 132 Å². The van der Waals surface area contributed by atoms with Crippen LogP contribution in [0.3, 0.4) is 0 Å². The molecule has 0 unspecified atom stereocenters. The number of benzene rings is 2. The van der Waals surface area contributed by atoms with E-state index in [0.717, 1.165) is 0 Å². The highest BCUT2D eigenvalue weighted by Crippen LogP contribution is 2.25. The fourth-order valence-electron chi connectivity index (χ4n) is 1.68. The van der Waals surface area contributed by atoms with Crippen LogP contribution in [-0.2, 0) is 10.0 Å². The minimum atomic E-state index is -3.52. The summed E-state index contributed by atoms with van der Waals surface area (Å²) in [5.74, 6) is -1.64. The number of phenols is 1. The van der Waals surface area contributed by atoms with Crippen LogP contribution in [0.4, 0.5) is 11.4 Å². The number of aromatic hydroxyl groups is 1. The Morgan fingerprint density at radius 1 is 1.04 bits per heavy atom. The van der Waals surface area contributed by atoms with Crippen LogP contribution in [0.1, 0.15) is 10.4 Å². The number of nitrogens with zero attached hydrogens (tertiary/aromatic N) is 2. The van der Waals surface area contributed by atoms with Crippen molar-refractivity contribution in [3.63, 3.8) is 0 Å². The van der Waals surface area contributed by atoms with E-state index in [2.05, 4.69) is 15.0 Å². The van der Waals surface area contributed by atoms with Crippen molar-refractivity contribution in [2.24, 2.45) is 10.2 Å². The summed E-state index contributed by atoms with van der Waals surface area (Å²) in [6.07, 6.45) is 0. The number of carboxylic acid groups (broad SMARTS) is 1. The minimum Gasteiger partial charge on any atom is -0.507 e. The second kappa shape index (κ2) is 6.55. The summed E-state index contributed by atoms with van der Waals surface area (Å²) in [5, 5.41) is 26.1. The van der Waals surface area contributed by atoms with Crippen LogP contribution in [-0.4, -0.2) is 31.6 Å². The van der Waals surface area contributed by atoms with Gasteiger partial charge in [0, 0.05) is 0 Å². The first-order chi connectivity index (χ1) is 10.8. The van der Waals surface area contributed by atoms with E-state index in [-0.39, 0.29) is 21.9 Å². The van der Waals surface area contributed by atoms with Crippen molar-refractivity contribution in [3.05, 3.63) is 48.0 Å². The molecule has 0 aliphatic rings. The van der Waals surface area contributed by atoms with Crippen LogP contribution in [0, 0.1) is 0 Å². The summed E-state index contributed by atoms with van der Waals surface area (Å²) in [5.41, 5.74) is 0.356. The van der Waals surface area contributed by atoms with Gasteiger partial charge in [-0.25, -0.2) is 17.9 Å². The third-order valence-electron chi connectivity index (χ3n) is 2.91. The predicted octanol–water partition coefficient (Wildman–Crippen LogP) is 2.41. The smallest absolute Gasteiger partial charge is 0.339 e. The maximum Gasteiger partial charge on any atom is 0.339 e. The first kappa shape index (κ1) is 16.6. The molecule has 0 amide bonds. The fourth-order valence-corrected chi connectivity index (χ4v) is 2.41. The topological polar surface area (TPSA) is 128 Å². The number of hydrogen-bond acceptors (Lipinski definition) is 6. The first-order valence-electron chi connectivity index (χ1n) is 6.35. The Morgan fingerprint density at radius 3 is 2.17 bits per heavy atom. The first-order valence-corrected chi connectivity index (χ1v) is 7.83. The molecule has 0 fully saturated rings. The van der Waals surface area contributed by atoms with Gasteiger partial charge in [-0.2, -0.15) is 10.2 Å². The quantitative estimate of drug-likeness (QED) is 0.723. The van der Waals surface area contributed by atoms with Crippen molar-refractivity contribution in [2.45, 2.75) is 4.90 Å². The normalized spacial score (nSPS) is 11.7. The van der Waals surface area contributed by atoms with Crippen molar-refractivity contribution in [1.29, 1.82) is 0 Å². The lowest BCUT2D eigenvalue weighted by Gasteiger charge is -2.02. The molecule has 0 aliphatic heterocycles. The zero-order chi connectivity index (χ0) is 17.0. The van der Waals surface area contributed by atoms with Gasteiger partial charge in [-0.1, -0.05) is 0 Å². The van der Waals surface area contributed by atoms with Gasteiger partial charge in [-0.05, 0) is 49.5 Å². The average Bonchev–Trinajstić information content (AvgIpc) is 2.54. The highest BCUT2D eigenvalue weighted by Gasteiger charge is 2.11. The minimum absolute atomic E-state index is 0.0942. The van der Waals surface area contributed by atoms with Gasteiger partial charge in [0.05, 0.1) is 16.3 Å². The lowest BCUT2D eigenvalue weighted by atomic mass is 10.2. The van der Waals surface area contributed by atoms with E-state index >= 15 is 0 Å². The summed E-state index contributed by atoms with van der Waals surface area (Å²) < 4.78 is 25.4. The highest BCUT2D eigenvalue weighted by atomic mass is 32.2. The van der Waals surface area contributed by atoms with E-state index in [1.54, 1.807) is 0 Å². The summed E-state index contributed by atoms with van der Waals surface area (Å²) >= 11 is 0. The molecule has 0 aliphatic carbocycles. The second-order valence-electron chi connectivity index (χ2n) is 4.41. The van der Waals surface area contributed by atoms with E-state index < -0.39 is 16.0 Å². The van der Waals surface area contributed by atoms with Crippen molar-refractivity contribution in [1.82, 2.24) is 4.72 Å². The highest BCUT2D eigenvalue weighted by molar-refractivity contribution is 7.89. The maximum absolute atomic E-state index is 11.6. The third kappa shape index (κ3) is 3.90. The number of hydrogen-bond donors (Lipinski definition) is 3. The molecular formula is C14H13N3O5S. The molecule has 0 aromatic heterocycles. The number of nitrogens with one attached hydrogen (secondary N) is 1.